The lowest BCUT2D eigenvalue weighted by atomic mass is 10.1. The summed E-state index contributed by atoms with van der Waals surface area (Å²) < 4.78 is 0. The van der Waals surface area contributed by atoms with Gasteiger partial charge in [0.25, 0.3) is 0 Å². The van der Waals surface area contributed by atoms with Gasteiger partial charge < -0.3 is 4.90 Å². The van der Waals surface area contributed by atoms with Crippen molar-refractivity contribution in [3.05, 3.63) is 12.2 Å². The molecule has 9 heavy (non-hydrogen) atoms. The zero-order chi connectivity index (χ0) is 6.69. The lowest BCUT2D eigenvalue weighted by Gasteiger charge is -2.20. The van der Waals surface area contributed by atoms with Crippen molar-refractivity contribution in [1.29, 1.82) is 0 Å². The van der Waals surface area contributed by atoms with Gasteiger partial charge in [0.2, 0.25) is 0 Å². The number of terminal acetylenes is 1. The molecule has 0 radical (unpaired) electrons. The van der Waals surface area contributed by atoms with Crippen LogP contribution in [0.3, 0.4) is 0 Å². The third-order valence-electron chi connectivity index (χ3n) is 1.51. The van der Waals surface area contributed by atoms with Crippen molar-refractivity contribution in [1.82, 2.24) is 4.90 Å². The molecule has 0 amide bonds. The molecule has 0 aromatic rings. The first kappa shape index (κ1) is 6.38. The molecular formula is C8H11N. The maximum Gasteiger partial charge on any atom is 0.0507 e. The Kier molecular flexibility index (Phi) is 1.92. The molecule has 0 saturated carbocycles. The van der Waals surface area contributed by atoms with E-state index >= 15 is 0 Å². The fourth-order valence-electron chi connectivity index (χ4n) is 0.985. The number of likely N-dealkylation sites (N-methyl/N-ethyl adjacent to an activating group) is 1. The van der Waals surface area contributed by atoms with Crippen molar-refractivity contribution in [2.45, 2.75) is 0 Å². The van der Waals surface area contributed by atoms with Crippen LogP contribution in [-0.2, 0) is 0 Å². The molecule has 48 valence electrons. The van der Waals surface area contributed by atoms with Gasteiger partial charge in [-0.25, -0.2) is 0 Å². The van der Waals surface area contributed by atoms with E-state index in [0.717, 1.165) is 13.1 Å². The first-order valence-corrected chi connectivity index (χ1v) is 3.14. The Morgan fingerprint density at radius 3 is 3.00 bits per heavy atom. The molecule has 0 bridgehead atoms. The molecule has 1 aliphatic rings. The van der Waals surface area contributed by atoms with Gasteiger partial charge in [-0.1, -0.05) is 18.1 Å². The molecule has 0 aliphatic carbocycles. The number of hydrogen-bond acceptors (Lipinski definition) is 1. The van der Waals surface area contributed by atoms with Crippen LogP contribution in [0.25, 0.3) is 0 Å². The summed E-state index contributed by atoms with van der Waals surface area (Å²) in [6.07, 6.45) is 9.45. The van der Waals surface area contributed by atoms with Crippen molar-refractivity contribution < 1.29 is 0 Å². The summed E-state index contributed by atoms with van der Waals surface area (Å²) in [5, 5.41) is 0. The Labute approximate surface area is 56.4 Å². The molecule has 1 heteroatoms. The maximum atomic E-state index is 5.24. The maximum absolute atomic E-state index is 5.24. The van der Waals surface area contributed by atoms with Crippen LogP contribution in [0.15, 0.2) is 12.2 Å². The highest BCUT2D eigenvalue weighted by Crippen LogP contribution is 2.04. The fourth-order valence-corrected chi connectivity index (χ4v) is 0.985. The summed E-state index contributed by atoms with van der Waals surface area (Å²) in [7, 11) is 2.08. The van der Waals surface area contributed by atoms with Crippen LogP contribution < -0.4 is 0 Å². The third kappa shape index (κ3) is 1.58. The predicted molar refractivity (Wildman–Crippen MR) is 39.0 cm³/mol. The van der Waals surface area contributed by atoms with Crippen LogP contribution in [0.2, 0.25) is 0 Å². The summed E-state index contributed by atoms with van der Waals surface area (Å²) in [5.74, 6) is 3.04. The lowest BCUT2D eigenvalue weighted by Crippen LogP contribution is -2.27. The van der Waals surface area contributed by atoms with Gasteiger partial charge in [0.1, 0.15) is 0 Å². The second kappa shape index (κ2) is 2.70. The van der Waals surface area contributed by atoms with E-state index in [-0.39, 0.29) is 0 Å². The summed E-state index contributed by atoms with van der Waals surface area (Å²) in [6.45, 7) is 2.05. The van der Waals surface area contributed by atoms with Gasteiger partial charge in [0.15, 0.2) is 0 Å². The van der Waals surface area contributed by atoms with E-state index in [0.29, 0.717) is 5.92 Å². The Morgan fingerprint density at radius 1 is 1.78 bits per heavy atom. The molecule has 0 fully saturated rings. The molecule has 1 nitrogen and oxygen atoms in total. The SMILES string of the molecule is C#C[C@H]1C=CCN(C)C1. The highest BCUT2D eigenvalue weighted by molar-refractivity contribution is 5.09. The first-order valence-electron chi connectivity index (χ1n) is 3.14. The highest BCUT2D eigenvalue weighted by atomic mass is 15.1. The number of rotatable bonds is 0. The molecule has 0 saturated heterocycles. The topological polar surface area (TPSA) is 3.24 Å². The largest absolute Gasteiger partial charge is 0.301 e. The minimum absolute atomic E-state index is 0.337. The second-order valence-electron chi connectivity index (χ2n) is 2.42. The van der Waals surface area contributed by atoms with Crippen molar-refractivity contribution in [3.63, 3.8) is 0 Å². The monoisotopic (exact) mass is 121 g/mol. The first-order chi connectivity index (χ1) is 4.33. The van der Waals surface area contributed by atoms with Gasteiger partial charge in [-0.2, -0.15) is 0 Å². The van der Waals surface area contributed by atoms with Gasteiger partial charge in [0, 0.05) is 13.1 Å². The van der Waals surface area contributed by atoms with Crippen LogP contribution in [-0.4, -0.2) is 25.0 Å². The van der Waals surface area contributed by atoms with Crippen LogP contribution in [0.1, 0.15) is 0 Å². The van der Waals surface area contributed by atoms with E-state index in [2.05, 4.69) is 30.0 Å². The summed E-state index contributed by atoms with van der Waals surface area (Å²) >= 11 is 0. The zero-order valence-electron chi connectivity index (χ0n) is 5.67. The van der Waals surface area contributed by atoms with Gasteiger partial charge in [-0.15, -0.1) is 6.42 Å². The van der Waals surface area contributed by atoms with Gasteiger partial charge in [0.05, 0.1) is 5.92 Å². The van der Waals surface area contributed by atoms with E-state index < -0.39 is 0 Å². The second-order valence-corrected chi connectivity index (χ2v) is 2.42. The van der Waals surface area contributed by atoms with E-state index in [1.54, 1.807) is 0 Å². The summed E-state index contributed by atoms with van der Waals surface area (Å²) in [5.41, 5.74) is 0. The molecule has 0 unspecified atom stereocenters. The van der Waals surface area contributed by atoms with Gasteiger partial charge >= 0.3 is 0 Å². The third-order valence-corrected chi connectivity index (χ3v) is 1.51. The Balaban J connectivity index is 2.52. The van der Waals surface area contributed by atoms with Crippen LogP contribution >= 0.6 is 0 Å². The standard InChI is InChI=1S/C8H11N/c1-3-8-5-4-6-9(2)7-8/h1,4-5,8H,6-7H2,2H3/t8-/m0/s1. The van der Waals surface area contributed by atoms with E-state index in [1.165, 1.54) is 0 Å². The molecule has 0 N–H and O–H groups in total. The Bertz CT molecular complexity index is 152. The Morgan fingerprint density at radius 2 is 2.56 bits per heavy atom. The normalized spacial score (nSPS) is 27.8. The molecular weight excluding hydrogens is 110 g/mol. The fraction of sp³-hybridized carbons (Fsp3) is 0.500. The van der Waals surface area contributed by atoms with E-state index in [9.17, 15) is 0 Å². The molecule has 1 rings (SSSR count). The smallest absolute Gasteiger partial charge is 0.0507 e. The minimum Gasteiger partial charge on any atom is -0.301 e. The molecule has 1 aliphatic heterocycles. The molecule has 1 atom stereocenters. The Hall–Kier alpha value is -0.740. The summed E-state index contributed by atoms with van der Waals surface area (Å²) in [6, 6.07) is 0. The lowest BCUT2D eigenvalue weighted by molar-refractivity contribution is 0.340. The average Bonchev–Trinajstić information content (AvgIpc) is 1.88. The molecule has 0 aromatic carbocycles. The van der Waals surface area contributed by atoms with Crippen molar-refractivity contribution >= 4 is 0 Å². The van der Waals surface area contributed by atoms with Crippen LogP contribution in [0, 0.1) is 18.3 Å². The highest BCUT2D eigenvalue weighted by Gasteiger charge is 2.07. The van der Waals surface area contributed by atoms with E-state index in [4.69, 9.17) is 6.42 Å². The molecule has 0 aromatic heterocycles. The number of nitrogens with zero attached hydrogens (tertiary/aromatic N) is 1. The zero-order valence-corrected chi connectivity index (χ0v) is 5.67. The van der Waals surface area contributed by atoms with Crippen LogP contribution in [0.4, 0.5) is 0 Å². The molecule has 1 heterocycles. The quantitative estimate of drug-likeness (QED) is 0.337. The van der Waals surface area contributed by atoms with Crippen molar-refractivity contribution in [3.8, 4) is 12.3 Å². The van der Waals surface area contributed by atoms with Crippen LogP contribution in [0.5, 0.6) is 0 Å². The minimum atomic E-state index is 0.337. The predicted octanol–water partition coefficient (Wildman–Crippen LogP) is 0.737. The summed E-state index contributed by atoms with van der Waals surface area (Å²) in [4.78, 5) is 2.21. The average molecular weight is 121 g/mol. The van der Waals surface area contributed by atoms with E-state index in [1.807, 2.05) is 0 Å². The number of hydrogen-bond donors (Lipinski definition) is 0. The van der Waals surface area contributed by atoms with Crippen molar-refractivity contribution in [2.24, 2.45) is 5.92 Å². The van der Waals surface area contributed by atoms with Crippen molar-refractivity contribution in [2.75, 3.05) is 20.1 Å². The molecule has 0 spiro atoms. The van der Waals surface area contributed by atoms with Gasteiger partial charge in [-0.3, -0.25) is 0 Å². The van der Waals surface area contributed by atoms with Gasteiger partial charge in [-0.05, 0) is 7.05 Å².